The van der Waals surface area contributed by atoms with Crippen LogP contribution in [0.3, 0.4) is 0 Å². The summed E-state index contributed by atoms with van der Waals surface area (Å²) >= 11 is 0. The molecule has 0 saturated heterocycles. The lowest BCUT2D eigenvalue weighted by molar-refractivity contribution is -0.124. The van der Waals surface area contributed by atoms with Crippen molar-refractivity contribution >= 4 is 5.91 Å². The Labute approximate surface area is 98.9 Å². The van der Waals surface area contributed by atoms with Gasteiger partial charge in [-0.25, -0.2) is 0 Å². The average Bonchev–Trinajstić information content (AvgIpc) is 2.26. The molecule has 1 atom stereocenters. The summed E-state index contributed by atoms with van der Waals surface area (Å²) < 4.78 is 5.25. The van der Waals surface area contributed by atoms with Gasteiger partial charge in [-0.1, -0.05) is 6.92 Å². The maximum atomic E-state index is 11.4. The van der Waals surface area contributed by atoms with Crippen molar-refractivity contribution in [3.05, 3.63) is 0 Å². The maximum absolute atomic E-state index is 11.4. The number of hydrogen-bond donors (Lipinski definition) is 2. The minimum Gasteiger partial charge on any atom is -0.382 e. The molecule has 1 unspecified atom stereocenters. The van der Waals surface area contributed by atoms with Crippen LogP contribution in [0.1, 0.15) is 46.5 Å². The van der Waals surface area contributed by atoms with Crippen LogP contribution in [-0.4, -0.2) is 31.2 Å². The molecule has 0 fully saturated rings. The van der Waals surface area contributed by atoms with E-state index in [2.05, 4.69) is 12.2 Å². The molecule has 0 aromatic rings. The molecule has 16 heavy (non-hydrogen) atoms. The summed E-state index contributed by atoms with van der Waals surface area (Å²) in [5.41, 5.74) is 4.85. The number of ether oxygens (including phenoxy) is 1. The fourth-order valence-electron chi connectivity index (χ4n) is 1.53. The number of nitrogens with one attached hydrogen (secondary N) is 1. The lowest BCUT2D eigenvalue weighted by Gasteiger charge is -2.27. The predicted octanol–water partition coefficient (Wildman–Crippen LogP) is 1.44. The van der Waals surface area contributed by atoms with Crippen LogP contribution in [0.15, 0.2) is 0 Å². The van der Waals surface area contributed by atoms with Gasteiger partial charge in [0.15, 0.2) is 0 Å². The van der Waals surface area contributed by atoms with E-state index in [1.54, 1.807) is 0 Å². The van der Waals surface area contributed by atoms with Gasteiger partial charge in [0.2, 0.25) is 5.91 Å². The van der Waals surface area contributed by atoms with Crippen molar-refractivity contribution in [2.75, 3.05) is 19.8 Å². The molecule has 0 aliphatic heterocycles. The van der Waals surface area contributed by atoms with Crippen LogP contribution in [0.2, 0.25) is 0 Å². The Bertz CT molecular complexity index is 197. The highest BCUT2D eigenvalue weighted by Gasteiger charge is 2.29. The first-order valence-electron chi connectivity index (χ1n) is 6.19. The number of carbonyl (C=O) groups is 1. The summed E-state index contributed by atoms with van der Waals surface area (Å²) in [4.78, 5) is 11.4. The van der Waals surface area contributed by atoms with Gasteiger partial charge in [0, 0.05) is 13.2 Å². The predicted molar refractivity (Wildman–Crippen MR) is 66.2 cm³/mol. The van der Waals surface area contributed by atoms with E-state index < -0.39 is 5.54 Å². The third-order valence-corrected chi connectivity index (χ3v) is 2.73. The second kappa shape index (κ2) is 8.53. The fraction of sp³-hybridized carbons (Fsp3) is 0.917. The zero-order valence-electron chi connectivity index (χ0n) is 10.8. The highest BCUT2D eigenvalue weighted by Crippen LogP contribution is 2.13. The van der Waals surface area contributed by atoms with Crippen LogP contribution in [0.5, 0.6) is 0 Å². The lowest BCUT2D eigenvalue weighted by atomic mass is 9.94. The molecule has 4 heteroatoms. The molecule has 4 nitrogen and oxygen atoms in total. The van der Waals surface area contributed by atoms with E-state index in [1.807, 2.05) is 13.8 Å². The van der Waals surface area contributed by atoms with Gasteiger partial charge in [-0.3, -0.25) is 4.79 Å². The maximum Gasteiger partial charge on any atom is 0.237 e. The van der Waals surface area contributed by atoms with Crippen molar-refractivity contribution in [1.29, 1.82) is 0 Å². The van der Waals surface area contributed by atoms with Crippen molar-refractivity contribution in [3.63, 3.8) is 0 Å². The summed E-state index contributed by atoms with van der Waals surface area (Å²) in [6.07, 6.45) is 3.71. The number of rotatable bonds is 10. The fourth-order valence-corrected chi connectivity index (χ4v) is 1.53. The topological polar surface area (TPSA) is 64.3 Å². The molecule has 1 amide bonds. The van der Waals surface area contributed by atoms with E-state index in [9.17, 15) is 4.79 Å². The SMILES string of the molecule is CCCNC(C)(CCCCOCC)C(N)=O. The van der Waals surface area contributed by atoms with Crippen LogP contribution in [0, 0.1) is 0 Å². The first kappa shape index (κ1) is 15.4. The number of amides is 1. The number of primary amides is 1. The van der Waals surface area contributed by atoms with Gasteiger partial charge in [0.05, 0.1) is 5.54 Å². The Kier molecular flexibility index (Phi) is 8.21. The van der Waals surface area contributed by atoms with Gasteiger partial charge in [0.1, 0.15) is 0 Å². The third-order valence-electron chi connectivity index (χ3n) is 2.73. The first-order chi connectivity index (χ1) is 7.56. The van der Waals surface area contributed by atoms with Gasteiger partial charge in [0.25, 0.3) is 0 Å². The van der Waals surface area contributed by atoms with Gasteiger partial charge in [-0.05, 0) is 46.1 Å². The third kappa shape index (κ3) is 6.08. The van der Waals surface area contributed by atoms with E-state index in [4.69, 9.17) is 10.5 Å². The van der Waals surface area contributed by atoms with Crippen molar-refractivity contribution in [2.24, 2.45) is 5.73 Å². The van der Waals surface area contributed by atoms with Gasteiger partial charge < -0.3 is 15.8 Å². The highest BCUT2D eigenvalue weighted by atomic mass is 16.5. The van der Waals surface area contributed by atoms with Gasteiger partial charge in [-0.2, -0.15) is 0 Å². The second-order valence-electron chi connectivity index (χ2n) is 4.28. The Morgan fingerprint density at radius 1 is 1.38 bits per heavy atom. The molecule has 0 aliphatic rings. The van der Waals surface area contributed by atoms with Crippen LogP contribution in [0.4, 0.5) is 0 Å². The molecule has 0 saturated carbocycles. The molecule has 0 aromatic heterocycles. The normalized spacial score (nSPS) is 14.7. The standard InChI is InChI=1S/C12H26N2O2/c1-4-9-14-12(3,11(13)15)8-6-7-10-16-5-2/h14H,4-10H2,1-3H3,(H2,13,15). The molecule has 0 rings (SSSR count). The number of hydrogen-bond acceptors (Lipinski definition) is 3. The largest absolute Gasteiger partial charge is 0.382 e. The quantitative estimate of drug-likeness (QED) is 0.558. The molecule has 0 bridgehead atoms. The molecule has 0 aromatic carbocycles. The summed E-state index contributed by atoms with van der Waals surface area (Å²) in [5.74, 6) is -0.266. The minimum absolute atomic E-state index is 0.266. The molecule has 3 N–H and O–H groups in total. The summed E-state index contributed by atoms with van der Waals surface area (Å²) in [7, 11) is 0. The number of nitrogens with two attached hydrogens (primary N) is 1. The van der Waals surface area contributed by atoms with E-state index in [-0.39, 0.29) is 5.91 Å². The zero-order chi connectivity index (χ0) is 12.4. The number of unbranched alkanes of at least 4 members (excludes halogenated alkanes) is 1. The van der Waals surface area contributed by atoms with Crippen LogP contribution >= 0.6 is 0 Å². The molecule has 96 valence electrons. The summed E-state index contributed by atoms with van der Waals surface area (Å²) in [6, 6.07) is 0. The lowest BCUT2D eigenvalue weighted by Crippen LogP contribution is -2.53. The summed E-state index contributed by atoms with van der Waals surface area (Å²) in [5, 5.41) is 3.22. The molecular weight excluding hydrogens is 204 g/mol. The van der Waals surface area contributed by atoms with Crippen molar-refractivity contribution in [2.45, 2.75) is 52.0 Å². The van der Waals surface area contributed by atoms with E-state index in [0.717, 1.165) is 45.4 Å². The van der Waals surface area contributed by atoms with Crippen LogP contribution in [-0.2, 0) is 9.53 Å². The smallest absolute Gasteiger partial charge is 0.237 e. The highest BCUT2D eigenvalue weighted by molar-refractivity contribution is 5.84. The molecular formula is C12H26N2O2. The Hall–Kier alpha value is -0.610. The van der Waals surface area contributed by atoms with Crippen molar-refractivity contribution in [3.8, 4) is 0 Å². The zero-order valence-corrected chi connectivity index (χ0v) is 10.8. The van der Waals surface area contributed by atoms with Gasteiger partial charge in [-0.15, -0.1) is 0 Å². The van der Waals surface area contributed by atoms with Crippen molar-refractivity contribution in [1.82, 2.24) is 5.32 Å². The molecule has 0 radical (unpaired) electrons. The second-order valence-corrected chi connectivity index (χ2v) is 4.28. The van der Waals surface area contributed by atoms with E-state index in [1.165, 1.54) is 0 Å². The number of carbonyl (C=O) groups excluding carboxylic acids is 1. The Morgan fingerprint density at radius 2 is 2.06 bits per heavy atom. The molecule has 0 aliphatic carbocycles. The molecule has 0 spiro atoms. The van der Waals surface area contributed by atoms with Crippen LogP contribution < -0.4 is 11.1 Å². The molecule has 0 heterocycles. The Balaban J connectivity index is 3.88. The average molecular weight is 230 g/mol. The monoisotopic (exact) mass is 230 g/mol. The van der Waals surface area contributed by atoms with Crippen molar-refractivity contribution < 1.29 is 9.53 Å². The van der Waals surface area contributed by atoms with Crippen LogP contribution in [0.25, 0.3) is 0 Å². The minimum atomic E-state index is -0.567. The van der Waals surface area contributed by atoms with E-state index >= 15 is 0 Å². The Morgan fingerprint density at radius 3 is 2.56 bits per heavy atom. The first-order valence-corrected chi connectivity index (χ1v) is 6.19. The van der Waals surface area contributed by atoms with E-state index in [0.29, 0.717) is 0 Å². The summed E-state index contributed by atoms with van der Waals surface area (Å²) in [6.45, 7) is 8.27. The van der Waals surface area contributed by atoms with Gasteiger partial charge >= 0.3 is 0 Å².